The first-order valence-electron chi connectivity index (χ1n) is 5.78. The molecule has 0 radical (unpaired) electrons. The molecular formula is C14H8BrClFN3. The van der Waals surface area contributed by atoms with E-state index in [4.69, 9.17) is 11.6 Å². The minimum Gasteiger partial charge on any atom is -0.340 e. The van der Waals surface area contributed by atoms with Gasteiger partial charge in [-0.15, -0.1) is 0 Å². The monoisotopic (exact) mass is 351 g/mol. The van der Waals surface area contributed by atoms with Gasteiger partial charge in [-0.2, -0.15) is 4.98 Å². The number of anilines is 2. The maximum Gasteiger partial charge on any atom is 0.224 e. The Morgan fingerprint density at radius 1 is 1.10 bits per heavy atom. The van der Waals surface area contributed by atoms with E-state index in [1.54, 1.807) is 12.1 Å². The lowest BCUT2D eigenvalue weighted by Crippen LogP contribution is -1.97. The second-order valence-corrected chi connectivity index (χ2v) is 5.30. The molecule has 0 saturated heterocycles. The van der Waals surface area contributed by atoms with E-state index in [2.05, 4.69) is 31.2 Å². The van der Waals surface area contributed by atoms with Crippen LogP contribution < -0.4 is 5.32 Å². The fourth-order valence-corrected chi connectivity index (χ4v) is 2.41. The van der Waals surface area contributed by atoms with Crippen molar-refractivity contribution in [1.82, 2.24) is 9.97 Å². The van der Waals surface area contributed by atoms with E-state index in [0.717, 1.165) is 10.9 Å². The van der Waals surface area contributed by atoms with Crippen molar-refractivity contribution in [3.8, 4) is 0 Å². The summed E-state index contributed by atoms with van der Waals surface area (Å²) in [5, 5.41) is 4.13. The molecule has 0 amide bonds. The van der Waals surface area contributed by atoms with Crippen molar-refractivity contribution in [2.75, 3.05) is 5.32 Å². The van der Waals surface area contributed by atoms with Gasteiger partial charge in [-0.3, -0.25) is 0 Å². The van der Waals surface area contributed by atoms with Gasteiger partial charge in [0.25, 0.3) is 0 Å². The highest BCUT2D eigenvalue weighted by atomic mass is 79.9. The summed E-state index contributed by atoms with van der Waals surface area (Å²) in [6.07, 6.45) is 0. The van der Waals surface area contributed by atoms with Gasteiger partial charge in [0.05, 0.1) is 9.99 Å². The second kappa shape index (κ2) is 5.34. The summed E-state index contributed by atoms with van der Waals surface area (Å²) in [7, 11) is 0. The summed E-state index contributed by atoms with van der Waals surface area (Å²) in [6.45, 7) is 0. The van der Waals surface area contributed by atoms with Crippen molar-refractivity contribution in [2.45, 2.75) is 0 Å². The van der Waals surface area contributed by atoms with Crippen molar-refractivity contribution in [1.29, 1.82) is 0 Å². The molecule has 2 aromatic carbocycles. The van der Waals surface area contributed by atoms with Crippen LogP contribution in [0.5, 0.6) is 0 Å². The Morgan fingerprint density at radius 2 is 1.90 bits per heavy atom. The fourth-order valence-electron chi connectivity index (χ4n) is 1.85. The van der Waals surface area contributed by atoms with E-state index < -0.39 is 0 Å². The molecule has 0 spiro atoms. The number of aromatic nitrogens is 2. The lowest BCUT2D eigenvalue weighted by atomic mass is 10.2. The van der Waals surface area contributed by atoms with Crippen LogP contribution in [0.1, 0.15) is 0 Å². The zero-order chi connectivity index (χ0) is 14.1. The number of fused-ring (bicyclic) bond motifs is 1. The fraction of sp³-hybridized carbons (Fsp3) is 0. The number of nitrogens with zero attached hydrogens (tertiary/aromatic N) is 2. The van der Waals surface area contributed by atoms with Crippen LogP contribution in [0.4, 0.5) is 15.9 Å². The Morgan fingerprint density at radius 3 is 2.70 bits per heavy atom. The number of hydrogen-bond donors (Lipinski definition) is 1. The SMILES string of the molecule is Fc1ccc(Nc2nc(Cl)nc3ccccc23)cc1Br. The summed E-state index contributed by atoms with van der Waals surface area (Å²) in [5.74, 6) is 0.264. The Labute approximate surface area is 127 Å². The van der Waals surface area contributed by atoms with Crippen LogP contribution in [0, 0.1) is 5.82 Å². The highest BCUT2D eigenvalue weighted by Gasteiger charge is 2.07. The standard InChI is InChI=1S/C14H8BrClFN3/c15-10-7-8(5-6-11(10)17)18-13-9-3-1-2-4-12(9)19-14(16)20-13/h1-7H,(H,18,19,20). The smallest absolute Gasteiger partial charge is 0.224 e. The van der Waals surface area contributed by atoms with E-state index in [-0.39, 0.29) is 11.1 Å². The Balaban J connectivity index is 2.07. The second-order valence-electron chi connectivity index (χ2n) is 4.11. The first kappa shape index (κ1) is 13.3. The molecule has 20 heavy (non-hydrogen) atoms. The number of benzene rings is 2. The highest BCUT2D eigenvalue weighted by Crippen LogP contribution is 2.27. The minimum absolute atomic E-state index is 0.160. The molecule has 1 heterocycles. The molecule has 0 atom stereocenters. The van der Waals surface area contributed by atoms with Crippen LogP contribution in [0.3, 0.4) is 0 Å². The molecule has 100 valence electrons. The summed E-state index contributed by atoms with van der Waals surface area (Å²) in [5.41, 5.74) is 1.45. The van der Waals surface area contributed by atoms with Gasteiger partial charge in [-0.1, -0.05) is 12.1 Å². The lowest BCUT2D eigenvalue weighted by Gasteiger charge is -2.09. The molecule has 0 aliphatic rings. The number of para-hydroxylation sites is 1. The maximum atomic E-state index is 13.2. The van der Waals surface area contributed by atoms with Crippen molar-refractivity contribution in [2.24, 2.45) is 0 Å². The minimum atomic E-state index is -0.318. The van der Waals surface area contributed by atoms with Crippen molar-refractivity contribution >= 4 is 49.9 Å². The zero-order valence-corrected chi connectivity index (χ0v) is 12.4. The van der Waals surface area contributed by atoms with Crippen LogP contribution in [0.25, 0.3) is 10.9 Å². The molecule has 1 aromatic heterocycles. The van der Waals surface area contributed by atoms with E-state index in [0.29, 0.717) is 16.0 Å². The number of rotatable bonds is 2. The van der Waals surface area contributed by atoms with Crippen LogP contribution >= 0.6 is 27.5 Å². The van der Waals surface area contributed by atoms with Crippen molar-refractivity contribution in [3.63, 3.8) is 0 Å². The van der Waals surface area contributed by atoms with E-state index in [1.807, 2.05) is 24.3 Å². The maximum absolute atomic E-state index is 13.2. The first-order chi connectivity index (χ1) is 9.63. The van der Waals surface area contributed by atoms with Gasteiger partial charge in [0.1, 0.15) is 11.6 Å². The number of nitrogens with one attached hydrogen (secondary N) is 1. The summed E-state index contributed by atoms with van der Waals surface area (Å²) >= 11 is 9.06. The van der Waals surface area contributed by atoms with Gasteiger partial charge in [0.15, 0.2) is 0 Å². The Bertz CT molecular complexity index is 794. The molecule has 6 heteroatoms. The molecule has 3 aromatic rings. The van der Waals surface area contributed by atoms with Gasteiger partial charge in [0, 0.05) is 11.1 Å². The largest absolute Gasteiger partial charge is 0.340 e. The third kappa shape index (κ3) is 2.59. The quantitative estimate of drug-likeness (QED) is 0.665. The topological polar surface area (TPSA) is 37.8 Å². The van der Waals surface area contributed by atoms with Gasteiger partial charge in [-0.25, -0.2) is 9.37 Å². The van der Waals surface area contributed by atoms with Gasteiger partial charge in [0.2, 0.25) is 5.28 Å². The Hall–Kier alpha value is -1.72. The van der Waals surface area contributed by atoms with Crippen LogP contribution in [-0.4, -0.2) is 9.97 Å². The van der Waals surface area contributed by atoms with Crippen molar-refractivity contribution in [3.05, 3.63) is 58.0 Å². The lowest BCUT2D eigenvalue weighted by molar-refractivity contribution is 0.621. The number of halogens is 3. The third-order valence-corrected chi connectivity index (χ3v) is 3.54. The molecule has 3 rings (SSSR count). The van der Waals surface area contributed by atoms with Crippen LogP contribution in [0.15, 0.2) is 46.9 Å². The molecule has 0 fully saturated rings. The molecular weight excluding hydrogens is 345 g/mol. The van der Waals surface area contributed by atoms with E-state index in [9.17, 15) is 4.39 Å². The molecule has 0 aliphatic carbocycles. The molecule has 0 saturated carbocycles. The predicted molar refractivity (Wildman–Crippen MR) is 81.9 cm³/mol. The normalized spacial score (nSPS) is 10.8. The molecule has 0 aliphatic heterocycles. The first-order valence-corrected chi connectivity index (χ1v) is 6.95. The molecule has 1 N–H and O–H groups in total. The van der Waals surface area contributed by atoms with Crippen LogP contribution in [-0.2, 0) is 0 Å². The molecule has 3 nitrogen and oxygen atoms in total. The molecule has 0 unspecified atom stereocenters. The van der Waals surface area contributed by atoms with Crippen LogP contribution in [0.2, 0.25) is 5.28 Å². The van der Waals surface area contributed by atoms with E-state index in [1.165, 1.54) is 6.07 Å². The van der Waals surface area contributed by atoms with Crippen molar-refractivity contribution < 1.29 is 4.39 Å². The average molecular weight is 353 g/mol. The van der Waals surface area contributed by atoms with Gasteiger partial charge < -0.3 is 5.32 Å². The average Bonchev–Trinajstić information content (AvgIpc) is 2.43. The summed E-state index contributed by atoms with van der Waals surface area (Å²) in [6, 6.07) is 12.2. The highest BCUT2D eigenvalue weighted by molar-refractivity contribution is 9.10. The molecule has 0 bridgehead atoms. The Kier molecular flexibility index (Phi) is 3.54. The third-order valence-electron chi connectivity index (χ3n) is 2.76. The summed E-state index contributed by atoms with van der Waals surface area (Å²) < 4.78 is 13.6. The van der Waals surface area contributed by atoms with E-state index >= 15 is 0 Å². The number of hydrogen-bond acceptors (Lipinski definition) is 3. The van der Waals surface area contributed by atoms with Gasteiger partial charge in [-0.05, 0) is 57.9 Å². The van der Waals surface area contributed by atoms with Gasteiger partial charge >= 0.3 is 0 Å². The zero-order valence-electron chi connectivity index (χ0n) is 10.1. The predicted octanol–water partition coefficient (Wildman–Crippen LogP) is 4.93. The summed E-state index contributed by atoms with van der Waals surface area (Å²) in [4.78, 5) is 8.34.